The zero-order chi connectivity index (χ0) is 16.7. The summed E-state index contributed by atoms with van der Waals surface area (Å²) in [5, 5.41) is 0. The van der Waals surface area contributed by atoms with Crippen LogP contribution in [0.15, 0.2) is 48.5 Å². The van der Waals surface area contributed by atoms with E-state index in [1.165, 1.54) is 17.5 Å². The highest BCUT2D eigenvalue weighted by Crippen LogP contribution is 2.55. The minimum absolute atomic E-state index is 0.463. The van der Waals surface area contributed by atoms with Gasteiger partial charge in [-0.2, -0.15) is 0 Å². The molecule has 0 radical (unpaired) electrons. The van der Waals surface area contributed by atoms with E-state index >= 15 is 0 Å². The van der Waals surface area contributed by atoms with Crippen molar-refractivity contribution in [3.8, 4) is 0 Å². The third kappa shape index (κ3) is 2.58. The van der Waals surface area contributed by atoms with Gasteiger partial charge in [0.05, 0.1) is 13.2 Å². The Hall–Kier alpha value is -1.64. The maximum atomic E-state index is 6.14. The molecule has 5 rings (SSSR count). The Morgan fingerprint density at radius 3 is 2.04 bits per heavy atom. The molecule has 0 heterocycles. The minimum Gasteiger partial charge on any atom is -0.380 e. The largest absolute Gasteiger partial charge is 0.380 e. The van der Waals surface area contributed by atoms with Gasteiger partial charge in [0.25, 0.3) is 0 Å². The van der Waals surface area contributed by atoms with Gasteiger partial charge in [0, 0.05) is 17.9 Å². The maximum Gasteiger partial charge on any atom is 0.0619 e. The van der Waals surface area contributed by atoms with Gasteiger partial charge >= 0.3 is 0 Å². The van der Waals surface area contributed by atoms with Crippen LogP contribution in [0.5, 0.6) is 0 Å². The van der Waals surface area contributed by atoms with Gasteiger partial charge in [-0.3, -0.25) is 0 Å². The van der Waals surface area contributed by atoms with Crippen molar-refractivity contribution in [1.29, 1.82) is 0 Å². The van der Waals surface area contributed by atoms with Crippen LogP contribution in [0, 0.1) is 5.92 Å². The third-order valence-corrected chi connectivity index (χ3v) is 6.00. The Balaban J connectivity index is 1.59. The summed E-state index contributed by atoms with van der Waals surface area (Å²) in [5.41, 5.74) is 6.14. The number of likely N-dealkylation sites (N-methyl/N-ethyl adjacent to an activating group) is 1. The molecule has 0 aromatic heterocycles. The van der Waals surface area contributed by atoms with Crippen LogP contribution in [0.3, 0.4) is 0 Å². The van der Waals surface area contributed by atoms with E-state index in [9.17, 15) is 0 Å². The standard InChI is InChI=1S/C22H27NO/c1-15(23(2)3)13-24-14-16-12-21-17-8-4-6-10-19(17)22(16)20-11-7-5-9-18(20)21/h4-11,15-16,21-22H,12-14H2,1-3H3. The van der Waals surface area contributed by atoms with E-state index < -0.39 is 0 Å². The van der Waals surface area contributed by atoms with E-state index in [0.717, 1.165) is 13.2 Å². The Labute approximate surface area is 145 Å². The van der Waals surface area contributed by atoms with Crippen LogP contribution < -0.4 is 0 Å². The smallest absolute Gasteiger partial charge is 0.0619 e. The molecule has 2 nitrogen and oxygen atoms in total. The lowest BCUT2D eigenvalue weighted by molar-refractivity contribution is 0.0505. The number of hydrogen-bond donors (Lipinski definition) is 0. The summed E-state index contributed by atoms with van der Waals surface area (Å²) in [5.74, 6) is 1.63. The van der Waals surface area contributed by atoms with Crippen molar-refractivity contribution in [2.24, 2.45) is 5.92 Å². The summed E-state index contributed by atoms with van der Waals surface area (Å²) in [6.07, 6.45) is 1.22. The quantitative estimate of drug-likeness (QED) is 0.816. The summed E-state index contributed by atoms with van der Waals surface area (Å²) in [7, 11) is 4.23. The lowest BCUT2D eigenvalue weighted by Gasteiger charge is -2.45. The Morgan fingerprint density at radius 1 is 0.958 bits per heavy atom. The Kier molecular flexibility index (Phi) is 4.19. The second-order valence-corrected chi connectivity index (χ2v) is 7.63. The maximum absolute atomic E-state index is 6.14. The van der Waals surface area contributed by atoms with Gasteiger partial charge < -0.3 is 9.64 Å². The van der Waals surface area contributed by atoms with Crippen LogP contribution in [0.1, 0.15) is 47.4 Å². The van der Waals surface area contributed by atoms with E-state index in [1.54, 1.807) is 11.1 Å². The molecule has 0 saturated carbocycles. The zero-order valence-corrected chi connectivity index (χ0v) is 14.9. The monoisotopic (exact) mass is 321 g/mol. The van der Waals surface area contributed by atoms with E-state index in [0.29, 0.717) is 23.8 Å². The van der Waals surface area contributed by atoms with Gasteiger partial charge in [-0.1, -0.05) is 48.5 Å². The first-order valence-electron chi connectivity index (χ1n) is 9.08. The first kappa shape index (κ1) is 15.9. The molecule has 24 heavy (non-hydrogen) atoms. The van der Waals surface area contributed by atoms with E-state index in [-0.39, 0.29) is 0 Å². The highest BCUT2D eigenvalue weighted by atomic mass is 16.5. The summed E-state index contributed by atoms with van der Waals surface area (Å²) >= 11 is 0. The lowest BCUT2D eigenvalue weighted by Crippen LogP contribution is -2.36. The molecule has 126 valence electrons. The summed E-state index contributed by atoms with van der Waals surface area (Å²) in [6.45, 7) is 3.89. The number of rotatable bonds is 5. The molecule has 0 saturated heterocycles. The molecule has 3 aliphatic rings. The van der Waals surface area contributed by atoms with Crippen molar-refractivity contribution in [3.63, 3.8) is 0 Å². The van der Waals surface area contributed by atoms with Crippen LogP contribution >= 0.6 is 0 Å². The molecule has 0 aliphatic heterocycles. The molecule has 2 aromatic carbocycles. The first-order chi connectivity index (χ1) is 11.7. The van der Waals surface area contributed by atoms with Gasteiger partial charge in [-0.15, -0.1) is 0 Å². The van der Waals surface area contributed by atoms with Gasteiger partial charge in [0.2, 0.25) is 0 Å². The average molecular weight is 321 g/mol. The Morgan fingerprint density at radius 2 is 1.50 bits per heavy atom. The Bertz CT molecular complexity index is 676. The van der Waals surface area contributed by atoms with Crippen LogP contribution in [0.2, 0.25) is 0 Å². The van der Waals surface area contributed by atoms with Crippen LogP contribution in [0.25, 0.3) is 0 Å². The fraction of sp³-hybridized carbons (Fsp3) is 0.455. The molecule has 2 atom stereocenters. The average Bonchev–Trinajstić information content (AvgIpc) is 2.62. The predicted octanol–water partition coefficient (Wildman–Crippen LogP) is 4.25. The molecule has 3 aliphatic carbocycles. The van der Waals surface area contributed by atoms with Gasteiger partial charge in [-0.25, -0.2) is 0 Å². The number of benzene rings is 2. The van der Waals surface area contributed by atoms with Gasteiger partial charge in [-0.05, 0) is 55.6 Å². The van der Waals surface area contributed by atoms with Gasteiger partial charge in [0.15, 0.2) is 0 Å². The fourth-order valence-corrected chi connectivity index (χ4v) is 4.46. The first-order valence-corrected chi connectivity index (χ1v) is 9.08. The lowest BCUT2D eigenvalue weighted by atomic mass is 9.59. The second-order valence-electron chi connectivity index (χ2n) is 7.63. The molecule has 2 aromatic rings. The zero-order valence-electron chi connectivity index (χ0n) is 14.9. The predicted molar refractivity (Wildman–Crippen MR) is 98.6 cm³/mol. The molecular formula is C22H27NO. The minimum atomic E-state index is 0.463. The highest BCUT2D eigenvalue weighted by molar-refractivity contribution is 5.55. The van der Waals surface area contributed by atoms with Crippen molar-refractivity contribution >= 4 is 0 Å². The summed E-state index contributed by atoms with van der Waals surface area (Å²) < 4.78 is 6.14. The normalized spacial score (nSPS) is 25.4. The third-order valence-electron chi connectivity index (χ3n) is 6.00. The topological polar surface area (TPSA) is 12.5 Å². The van der Waals surface area contributed by atoms with Crippen LogP contribution in [-0.2, 0) is 4.74 Å². The van der Waals surface area contributed by atoms with Crippen molar-refractivity contribution in [3.05, 3.63) is 70.8 Å². The molecular weight excluding hydrogens is 294 g/mol. The number of fused-ring (bicyclic) bond motifs is 1. The van der Waals surface area contributed by atoms with Crippen molar-refractivity contribution in [1.82, 2.24) is 4.90 Å². The van der Waals surface area contributed by atoms with Crippen molar-refractivity contribution in [2.45, 2.75) is 31.2 Å². The SMILES string of the molecule is CC(COCC1CC2c3ccccc3C1c1ccccc12)N(C)C. The summed E-state index contributed by atoms with van der Waals surface area (Å²) in [6, 6.07) is 18.5. The van der Waals surface area contributed by atoms with Gasteiger partial charge in [0.1, 0.15) is 0 Å². The van der Waals surface area contributed by atoms with E-state index in [1.807, 2.05) is 0 Å². The van der Waals surface area contributed by atoms with Crippen LogP contribution in [-0.4, -0.2) is 38.3 Å². The molecule has 0 N–H and O–H groups in total. The van der Waals surface area contributed by atoms with E-state index in [4.69, 9.17) is 4.74 Å². The number of ether oxygens (including phenoxy) is 1. The fourth-order valence-electron chi connectivity index (χ4n) is 4.46. The molecule has 2 heteroatoms. The molecule has 0 fully saturated rings. The van der Waals surface area contributed by atoms with Crippen LogP contribution in [0.4, 0.5) is 0 Å². The highest BCUT2D eigenvalue weighted by Gasteiger charge is 2.42. The van der Waals surface area contributed by atoms with E-state index in [2.05, 4.69) is 74.4 Å². The molecule has 0 amide bonds. The summed E-state index contributed by atoms with van der Waals surface area (Å²) in [4.78, 5) is 2.22. The second kappa shape index (κ2) is 6.34. The number of nitrogens with zero attached hydrogens (tertiary/aromatic N) is 1. The van der Waals surface area contributed by atoms with Crippen molar-refractivity contribution < 1.29 is 4.74 Å². The van der Waals surface area contributed by atoms with Crippen molar-refractivity contribution in [2.75, 3.05) is 27.3 Å². The molecule has 2 bridgehead atoms. The number of hydrogen-bond acceptors (Lipinski definition) is 2. The molecule has 0 spiro atoms. The molecule has 2 unspecified atom stereocenters.